The summed E-state index contributed by atoms with van der Waals surface area (Å²) in [6.07, 6.45) is -3.12. The average Bonchev–Trinajstić information content (AvgIpc) is 3.40. The molecule has 5 N–H and O–H groups in total. The number of hydrogen-bond acceptors (Lipinski definition) is 12. The zero-order valence-corrected chi connectivity index (χ0v) is 24.4. The molecule has 0 spiro atoms. The van der Waals surface area contributed by atoms with Crippen molar-refractivity contribution in [3.05, 3.63) is 36.7 Å². The fraction of sp³-hybridized carbons (Fsp3) is 0.500. The maximum absolute atomic E-state index is 16.0. The lowest BCUT2D eigenvalue weighted by Crippen LogP contribution is -2.41. The van der Waals surface area contributed by atoms with Gasteiger partial charge in [-0.1, -0.05) is 18.2 Å². The van der Waals surface area contributed by atoms with Gasteiger partial charge < -0.3 is 34.7 Å². The molecule has 3 aromatic rings. The number of aliphatic hydroxyl groups is 1. The van der Waals surface area contributed by atoms with Gasteiger partial charge in [0.2, 0.25) is 5.95 Å². The van der Waals surface area contributed by atoms with Crippen molar-refractivity contribution in [1.29, 1.82) is 0 Å². The van der Waals surface area contributed by atoms with Crippen molar-refractivity contribution < 1.29 is 32.8 Å². The van der Waals surface area contributed by atoms with Crippen LogP contribution in [-0.4, -0.2) is 74.3 Å². The predicted molar refractivity (Wildman–Crippen MR) is 150 cm³/mol. The summed E-state index contributed by atoms with van der Waals surface area (Å²) in [4.78, 5) is 25.0. The summed E-state index contributed by atoms with van der Waals surface area (Å²) in [5.74, 6) is 0.154. The Hall–Kier alpha value is -2.94. The monoisotopic (exact) mass is 597 g/mol. The second-order valence-corrected chi connectivity index (χ2v) is 12.8. The van der Waals surface area contributed by atoms with Crippen LogP contribution in [0.15, 0.2) is 36.7 Å². The molecule has 6 atom stereocenters. The van der Waals surface area contributed by atoms with Crippen LogP contribution in [0.3, 0.4) is 0 Å². The largest absolute Gasteiger partial charge is 0.462 e. The molecule has 40 heavy (non-hydrogen) atoms. The number of carbonyl (C=O) groups is 1. The average molecular weight is 598 g/mol. The molecule has 0 amide bonds. The third kappa shape index (κ3) is 6.35. The number of aromatic nitrogens is 4. The van der Waals surface area contributed by atoms with Gasteiger partial charge in [0.25, 0.3) is 0 Å². The van der Waals surface area contributed by atoms with Gasteiger partial charge in [-0.05, 0) is 51.6 Å². The molecule has 1 aliphatic rings. The highest BCUT2D eigenvalue weighted by Gasteiger charge is 2.56. The molecule has 218 valence electrons. The fourth-order valence-corrected chi connectivity index (χ4v) is 6.55. The number of aliphatic hydroxyl groups excluding tert-OH is 1. The standard InChI is InChI=1S/C24H33FN7O6PS/c1-13(2)36-21(34)14(3)31-39(40,38-15-9-7-6-8-10-15)35-11-16-18(33)24(4,25)22(37-16)32-12-28-17-19(27-5)29-23(26)30-20(17)32/h6-10,12-14,16,18,22,33H,11H2,1-5H3,(H,31,40)(H3,26,27,29,30)/t14?,16-,18-,22-,24-,39+/m1/s1. The maximum Gasteiger partial charge on any atom is 0.323 e. The Morgan fingerprint density at radius 1 is 1.32 bits per heavy atom. The number of alkyl halides is 1. The number of rotatable bonds is 11. The summed E-state index contributed by atoms with van der Waals surface area (Å²) < 4.78 is 40.5. The highest BCUT2D eigenvalue weighted by molar-refractivity contribution is 8.09. The molecule has 2 aromatic heterocycles. The van der Waals surface area contributed by atoms with Crippen molar-refractivity contribution in [2.24, 2.45) is 0 Å². The maximum atomic E-state index is 16.0. The molecule has 0 aliphatic carbocycles. The summed E-state index contributed by atoms with van der Waals surface area (Å²) >= 11 is 5.70. The Morgan fingerprint density at radius 3 is 2.67 bits per heavy atom. The van der Waals surface area contributed by atoms with Crippen LogP contribution in [0.25, 0.3) is 11.2 Å². The summed E-state index contributed by atoms with van der Waals surface area (Å²) in [7, 11) is 1.64. The van der Waals surface area contributed by atoms with Crippen molar-refractivity contribution in [3.63, 3.8) is 0 Å². The van der Waals surface area contributed by atoms with E-state index in [-0.39, 0.29) is 24.3 Å². The Morgan fingerprint density at radius 2 is 2.02 bits per heavy atom. The van der Waals surface area contributed by atoms with Gasteiger partial charge in [-0.25, -0.2) is 14.5 Å². The Bertz CT molecular complexity index is 1390. The minimum Gasteiger partial charge on any atom is -0.462 e. The minimum absolute atomic E-state index is 0.0486. The van der Waals surface area contributed by atoms with E-state index in [1.807, 2.05) is 0 Å². The van der Waals surface area contributed by atoms with E-state index >= 15 is 4.39 Å². The molecule has 4 rings (SSSR count). The van der Waals surface area contributed by atoms with E-state index in [2.05, 4.69) is 25.4 Å². The van der Waals surface area contributed by atoms with Gasteiger partial charge >= 0.3 is 12.6 Å². The van der Waals surface area contributed by atoms with Crippen molar-refractivity contribution >= 4 is 47.3 Å². The lowest BCUT2D eigenvalue weighted by atomic mass is 9.98. The number of halogens is 1. The number of para-hydroxylation sites is 1. The van der Waals surface area contributed by atoms with E-state index in [4.69, 9.17) is 36.1 Å². The summed E-state index contributed by atoms with van der Waals surface area (Å²) in [5, 5.41) is 16.7. The van der Waals surface area contributed by atoms with Crippen molar-refractivity contribution in [2.45, 2.75) is 63.9 Å². The molecule has 1 unspecified atom stereocenters. The van der Waals surface area contributed by atoms with Crippen LogP contribution in [0.1, 0.15) is 33.9 Å². The first-order chi connectivity index (χ1) is 18.8. The van der Waals surface area contributed by atoms with E-state index < -0.39 is 42.8 Å². The van der Waals surface area contributed by atoms with Gasteiger partial charge in [0, 0.05) is 7.05 Å². The summed E-state index contributed by atoms with van der Waals surface area (Å²) in [6, 6.07) is 7.77. The van der Waals surface area contributed by atoms with Gasteiger partial charge in [-0.2, -0.15) is 9.97 Å². The van der Waals surface area contributed by atoms with Crippen molar-refractivity contribution in [3.8, 4) is 5.75 Å². The SMILES string of the molecule is CNc1nc(N)nc2c1ncn2[C@@H]1O[C@H](CO[P@@](=S)(NC(C)C(=O)OC(C)C)Oc2ccccc2)[C@@H](O)[C@@]1(C)F. The van der Waals surface area contributed by atoms with Gasteiger partial charge in [-0.3, -0.25) is 9.36 Å². The molecule has 16 heteroatoms. The quantitative estimate of drug-likeness (QED) is 0.188. The van der Waals surface area contributed by atoms with Gasteiger partial charge in [0.15, 0.2) is 28.9 Å². The highest BCUT2D eigenvalue weighted by Crippen LogP contribution is 2.48. The molecule has 13 nitrogen and oxygen atoms in total. The molecule has 0 bridgehead atoms. The molecule has 1 aromatic carbocycles. The minimum atomic E-state index is -3.45. The number of hydrogen-bond donors (Lipinski definition) is 4. The topological polar surface area (TPSA) is 168 Å². The van der Waals surface area contributed by atoms with Crippen LogP contribution in [0.4, 0.5) is 16.2 Å². The number of nitrogens with one attached hydrogen (secondary N) is 2. The second kappa shape index (κ2) is 11.9. The van der Waals surface area contributed by atoms with Crippen LogP contribution in [0.5, 0.6) is 5.75 Å². The molecule has 0 saturated carbocycles. The van der Waals surface area contributed by atoms with Gasteiger partial charge in [-0.15, -0.1) is 0 Å². The van der Waals surface area contributed by atoms with Crippen LogP contribution in [0, 0.1) is 0 Å². The number of carbonyl (C=O) groups excluding carboxylic acids is 1. The first-order valence-corrected chi connectivity index (χ1v) is 15.2. The normalized spacial score (nSPS) is 25.1. The molecular formula is C24H33FN7O6PS. The second-order valence-electron chi connectivity index (χ2n) is 9.66. The zero-order chi connectivity index (χ0) is 29.2. The van der Waals surface area contributed by atoms with Crippen LogP contribution in [0.2, 0.25) is 0 Å². The molecule has 1 saturated heterocycles. The molecule has 3 heterocycles. The molecule has 1 aliphatic heterocycles. The number of fused-ring (bicyclic) bond motifs is 1. The van der Waals surface area contributed by atoms with E-state index in [9.17, 15) is 9.90 Å². The van der Waals surface area contributed by atoms with Gasteiger partial charge in [0.05, 0.1) is 19.0 Å². The number of esters is 1. The third-order valence-electron chi connectivity index (χ3n) is 6.08. The Kier molecular flexibility index (Phi) is 8.93. The lowest BCUT2D eigenvalue weighted by Gasteiger charge is -2.28. The third-order valence-corrected chi connectivity index (χ3v) is 8.58. The number of nitrogen functional groups attached to an aromatic ring is 1. The van der Waals surface area contributed by atoms with Crippen molar-refractivity contribution in [2.75, 3.05) is 24.7 Å². The number of nitrogens with two attached hydrogens (primary N) is 1. The van der Waals surface area contributed by atoms with E-state index in [1.54, 1.807) is 58.2 Å². The first-order valence-electron chi connectivity index (χ1n) is 12.5. The number of imidazole rings is 1. The summed E-state index contributed by atoms with van der Waals surface area (Å²) in [6.45, 7) is 2.42. The zero-order valence-electron chi connectivity index (χ0n) is 22.6. The van der Waals surface area contributed by atoms with E-state index in [0.717, 1.165) is 0 Å². The number of ether oxygens (including phenoxy) is 2. The van der Waals surface area contributed by atoms with Crippen LogP contribution in [-0.2, 0) is 30.6 Å². The molecule has 1 fully saturated rings. The number of benzene rings is 1. The highest BCUT2D eigenvalue weighted by atomic mass is 32.5. The fourth-order valence-electron chi connectivity index (χ4n) is 4.14. The number of nitrogens with zero attached hydrogens (tertiary/aromatic N) is 4. The van der Waals surface area contributed by atoms with E-state index in [1.165, 1.54) is 17.8 Å². The smallest absolute Gasteiger partial charge is 0.323 e. The number of anilines is 2. The van der Waals surface area contributed by atoms with Crippen LogP contribution >= 0.6 is 6.64 Å². The molecule has 0 radical (unpaired) electrons. The predicted octanol–water partition coefficient (Wildman–Crippen LogP) is 2.69. The van der Waals surface area contributed by atoms with Crippen LogP contribution < -0.4 is 20.7 Å². The Labute approximate surface area is 235 Å². The van der Waals surface area contributed by atoms with Crippen molar-refractivity contribution in [1.82, 2.24) is 24.6 Å². The molecular weight excluding hydrogens is 564 g/mol. The van der Waals surface area contributed by atoms with E-state index in [0.29, 0.717) is 17.1 Å². The Balaban J connectivity index is 1.56. The summed E-state index contributed by atoms with van der Waals surface area (Å²) in [5.41, 5.74) is 4.11. The van der Waals surface area contributed by atoms with Gasteiger partial charge in [0.1, 0.15) is 24.0 Å². The first kappa shape index (κ1) is 30.0. The lowest BCUT2D eigenvalue weighted by molar-refractivity contribution is -0.149.